The number of rotatable bonds is 8. The molecule has 2 saturated heterocycles. The summed E-state index contributed by atoms with van der Waals surface area (Å²) in [5.74, 6) is -1.32. The number of likely N-dealkylation sites (tertiary alicyclic amines) is 2. The lowest BCUT2D eigenvalue weighted by Crippen LogP contribution is -2.68. The fraction of sp³-hybridized carbons (Fsp3) is 0.441. The largest absolute Gasteiger partial charge is 0.475 e. The van der Waals surface area contributed by atoms with Crippen LogP contribution in [0.2, 0.25) is 0 Å². The maximum absolute atomic E-state index is 14.7. The van der Waals surface area contributed by atoms with Crippen molar-refractivity contribution in [2.45, 2.75) is 75.5 Å². The number of nitriles is 1. The number of piperidine rings is 2. The molecule has 2 aliphatic rings. The molecule has 0 spiro atoms. The lowest BCUT2D eigenvalue weighted by atomic mass is 9.79. The van der Waals surface area contributed by atoms with Gasteiger partial charge in [-0.25, -0.2) is 4.98 Å². The summed E-state index contributed by atoms with van der Waals surface area (Å²) in [5, 5.41) is 9.14. The number of benzene rings is 1. The second-order valence-electron chi connectivity index (χ2n) is 11.9. The summed E-state index contributed by atoms with van der Waals surface area (Å²) in [6, 6.07) is 10.2. The molecule has 2 fully saturated rings. The van der Waals surface area contributed by atoms with E-state index < -0.39 is 52.5 Å². The number of hydrogen-bond donors (Lipinski definition) is 0. The second kappa shape index (κ2) is 14.3. The standard InChI is InChI=1S/C34H33F6N5O4/c1-2-5-28-32(49-25-10-8-22(9-11-25)33(35,36)37,15-4-17-45(28)30(46)26-21-42-16-12-27(26)34(38,39)40)31(47)44-18-13-24(14-19-44)48-29-7-3-6-23(20-41)43-29/h3,6-12,16,21,24,28H,2,4-5,13-15,17-19H2,1H3/t28-,32+/m1/s1. The Hall–Kier alpha value is -4.87. The molecular formula is C34H33F6N5O4. The highest BCUT2D eigenvalue weighted by Crippen LogP contribution is 2.41. The van der Waals surface area contributed by atoms with Crippen molar-refractivity contribution in [1.29, 1.82) is 5.26 Å². The molecule has 1 aromatic carbocycles. The molecule has 2 aliphatic heterocycles. The van der Waals surface area contributed by atoms with E-state index >= 15 is 0 Å². The van der Waals surface area contributed by atoms with E-state index in [2.05, 4.69) is 9.97 Å². The Morgan fingerprint density at radius 1 is 1.00 bits per heavy atom. The van der Waals surface area contributed by atoms with E-state index in [1.54, 1.807) is 19.1 Å². The van der Waals surface area contributed by atoms with Crippen molar-refractivity contribution in [1.82, 2.24) is 19.8 Å². The van der Waals surface area contributed by atoms with Crippen molar-refractivity contribution < 1.29 is 45.4 Å². The van der Waals surface area contributed by atoms with Gasteiger partial charge in [0, 0.05) is 57.4 Å². The zero-order valence-corrected chi connectivity index (χ0v) is 26.4. The molecule has 2 aromatic heterocycles. The van der Waals surface area contributed by atoms with Crippen LogP contribution in [0.15, 0.2) is 60.9 Å². The first-order valence-corrected chi connectivity index (χ1v) is 15.8. The summed E-state index contributed by atoms with van der Waals surface area (Å²) in [7, 11) is 0. The van der Waals surface area contributed by atoms with Gasteiger partial charge in [-0.1, -0.05) is 19.4 Å². The fourth-order valence-electron chi connectivity index (χ4n) is 6.45. The Balaban J connectivity index is 1.48. The van der Waals surface area contributed by atoms with Crippen LogP contribution in [0.1, 0.15) is 72.6 Å². The zero-order chi connectivity index (χ0) is 35.4. The molecule has 0 bridgehead atoms. The maximum atomic E-state index is 14.7. The summed E-state index contributed by atoms with van der Waals surface area (Å²) >= 11 is 0. The molecule has 2 atom stereocenters. The maximum Gasteiger partial charge on any atom is 0.417 e. The highest BCUT2D eigenvalue weighted by atomic mass is 19.4. The number of alkyl halides is 6. The third-order valence-electron chi connectivity index (χ3n) is 8.74. The normalized spacial score (nSPS) is 20.4. The monoisotopic (exact) mass is 689 g/mol. The minimum absolute atomic E-state index is 0.0196. The van der Waals surface area contributed by atoms with E-state index in [4.69, 9.17) is 14.7 Å². The second-order valence-corrected chi connectivity index (χ2v) is 11.9. The lowest BCUT2D eigenvalue weighted by molar-refractivity contribution is -0.161. The smallest absolute Gasteiger partial charge is 0.417 e. The van der Waals surface area contributed by atoms with Gasteiger partial charge in [0.15, 0.2) is 0 Å². The van der Waals surface area contributed by atoms with Gasteiger partial charge in [0.1, 0.15) is 23.6 Å². The summed E-state index contributed by atoms with van der Waals surface area (Å²) in [6.45, 7) is 2.18. The summed E-state index contributed by atoms with van der Waals surface area (Å²) < 4.78 is 94.3. The van der Waals surface area contributed by atoms with E-state index in [0.717, 1.165) is 36.7 Å². The number of ether oxygens (including phenoxy) is 2. The quantitative estimate of drug-likeness (QED) is 0.243. The van der Waals surface area contributed by atoms with Crippen molar-refractivity contribution >= 4 is 11.8 Å². The Kier molecular flexibility index (Phi) is 10.4. The number of hydrogen-bond acceptors (Lipinski definition) is 7. The number of amides is 2. The first-order chi connectivity index (χ1) is 23.3. The molecule has 49 heavy (non-hydrogen) atoms. The van der Waals surface area contributed by atoms with E-state index in [9.17, 15) is 35.9 Å². The number of aromatic nitrogens is 2. The fourth-order valence-corrected chi connectivity index (χ4v) is 6.45. The summed E-state index contributed by atoms with van der Waals surface area (Å²) in [5.41, 5.74) is -4.44. The van der Waals surface area contributed by atoms with Crippen molar-refractivity contribution in [2.75, 3.05) is 19.6 Å². The van der Waals surface area contributed by atoms with E-state index in [-0.39, 0.29) is 62.3 Å². The van der Waals surface area contributed by atoms with Crippen LogP contribution >= 0.6 is 0 Å². The Morgan fingerprint density at radius 2 is 1.71 bits per heavy atom. The average molecular weight is 690 g/mol. The van der Waals surface area contributed by atoms with Crippen LogP contribution < -0.4 is 9.47 Å². The van der Waals surface area contributed by atoms with Crippen molar-refractivity contribution in [2.24, 2.45) is 0 Å². The van der Waals surface area contributed by atoms with Gasteiger partial charge in [-0.15, -0.1) is 0 Å². The first kappa shape index (κ1) is 35.4. The van der Waals surface area contributed by atoms with Crippen molar-refractivity contribution in [3.8, 4) is 17.7 Å². The lowest BCUT2D eigenvalue weighted by Gasteiger charge is -2.50. The molecule has 260 valence electrons. The predicted octanol–water partition coefficient (Wildman–Crippen LogP) is 6.68. The Bertz CT molecular complexity index is 1690. The molecule has 0 aliphatic carbocycles. The minimum Gasteiger partial charge on any atom is -0.475 e. The Morgan fingerprint density at radius 3 is 2.35 bits per heavy atom. The van der Waals surface area contributed by atoms with E-state index in [0.29, 0.717) is 25.3 Å². The van der Waals surface area contributed by atoms with Crippen molar-refractivity contribution in [3.05, 3.63) is 83.3 Å². The van der Waals surface area contributed by atoms with E-state index in [1.165, 1.54) is 15.9 Å². The van der Waals surface area contributed by atoms with Gasteiger partial charge in [-0.05, 0) is 49.2 Å². The summed E-state index contributed by atoms with van der Waals surface area (Å²) in [6.07, 6.45) is -6.53. The molecule has 2 amide bonds. The molecule has 0 radical (unpaired) electrons. The molecular weight excluding hydrogens is 656 g/mol. The van der Waals surface area contributed by atoms with Crippen LogP contribution in [-0.4, -0.2) is 69.0 Å². The number of pyridine rings is 2. The van der Waals surface area contributed by atoms with Gasteiger partial charge in [-0.3, -0.25) is 14.6 Å². The van der Waals surface area contributed by atoms with Crippen LogP contribution in [0.5, 0.6) is 11.6 Å². The molecule has 0 N–H and O–H groups in total. The molecule has 3 aromatic rings. The number of halogens is 6. The van der Waals surface area contributed by atoms with Gasteiger partial charge in [0.25, 0.3) is 11.8 Å². The highest BCUT2D eigenvalue weighted by molar-refractivity contribution is 5.97. The van der Waals surface area contributed by atoms with Gasteiger partial charge in [0.05, 0.1) is 22.7 Å². The zero-order valence-electron chi connectivity index (χ0n) is 26.4. The third-order valence-corrected chi connectivity index (χ3v) is 8.74. The van der Waals surface area contributed by atoms with Crippen molar-refractivity contribution in [3.63, 3.8) is 0 Å². The molecule has 4 heterocycles. The van der Waals surface area contributed by atoms with Crippen LogP contribution in [-0.2, 0) is 17.1 Å². The number of carbonyl (C=O) groups excluding carboxylic acids is 2. The molecule has 0 unspecified atom stereocenters. The van der Waals surface area contributed by atoms with E-state index in [1.807, 2.05) is 6.07 Å². The highest BCUT2D eigenvalue weighted by Gasteiger charge is 2.56. The van der Waals surface area contributed by atoms with Gasteiger partial charge in [-0.2, -0.15) is 31.6 Å². The van der Waals surface area contributed by atoms with Crippen LogP contribution in [0.3, 0.4) is 0 Å². The number of nitrogens with zero attached hydrogens (tertiary/aromatic N) is 5. The minimum atomic E-state index is -4.86. The van der Waals surface area contributed by atoms with Crippen LogP contribution in [0, 0.1) is 11.3 Å². The van der Waals surface area contributed by atoms with Crippen LogP contribution in [0.25, 0.3) is 0 Å². The third kappa shape index (κ3) is 7.73. The molecule has 9 nitrogen and oxygen atoms in total. The molecule has 0 saturated carbocycles. The molecule has 5 rings (SSSR count). The SMILES string of the molecule is CCC[C@H]1N(C(=O)c2cnccc2C(F)(F)F)CCC[C@@]1(Oc1ccc(C(F)(F)F)cc1)C(=O)N1CCC(Oc2cccc(C#N)n2)CC1. The number of carbonyl (C=O) groups is 2. The van der Waals surface area contributed by atoms with Gasteiger partial charge >= 0.3 is 12.4 Å². The predicted molar refractivity (Wildman–Crippen MR) is 162 cm³/mol. The van der Waals surface area contributed by atoms with Crippen LogP contribution in [0.4, 0.5) is 26.3 Å². The Labute approximate surface area is 278 Å². The first-order valence-electron chi connectivity index (χ1n) is 15.8. The molecule has 15 heteroatoms. The van der Waals surface area contributed by atoms with Gasteiger partial charge < -0.3 is 19.3 Å². The average Bonchev–Trinajstić information content (AvgIpc) is 3.08. The topological polar surface area (TPSA) is 109 Å². The summed E-state index contributed by atoms with van der Waals surface area (Å²) in [4.78, 5) is 39.2. The van der Waals surface area contributed by atoms with Gasteiger partial charge in [0.2, 0.25) is 11.5 Å².